The van der Waals surface area contributed by atoms with Crippen LogP contribution in [0.25, 0.3) is 32.7 Å². The lowest BCUT2D eigenvalue weighted by Gasteiger charge is -2.29. The Labute approximate surface area is 340 Å². The highest BCUT2D eigenvalue weighted by Gasteiger charge is 2.43. The number of aromatic amines is 1. The maximum atomic E-state index is 14.2. The molecule has 0 spiro atoms. The van der Waals surface area contributed by atoms with E-state index in [-0.39, 0.29) is 54.4 Å². The van der Waals surface area contributed by atoms with Crippen molar-refractivity contribution in [1.29, 1.82) is 0 Å². The highest BCUT2D eigenvalue weighted by molar-refractivity contribution is 7.13. The molecule has 302 valence electrons. The van der Waals surface area contributed by atoms with E-state index in [1.807, 2.05) is 81.9 Å². The fraction of sp³-hybridized carbons (Fsp3) is 0.395. The number of amides is 2. The summed E-state index contributed by atoms with van der Waals surface area (Å²) in [6.45, 7) is 9.65. The molecule has 58 heavy (non-hydrogen) atoms. The number of thiazole rings is 1. The smallest absolute Gasteiger partial charge is 0.254 e. The molecule has 0 unspecified atom stereocenters. The SMILES string of the molecule is Cc1ncsc1-c1ccc([C@H](C)NC(=O)[C@@H]2C[C@@H](O)CN2C(=O)[C@@H](c2cc(OCCN3CCC[C@H]3c3c[nH]c4nnc(-c5ccccc5O)cc34)no2)C(C)C)cc1. The van der Waals surface area contributed by atoms with Crippen LogP contribution in [-0.2, 0) is 9.59 Å². The van der Waals surface area contributed by atoms with Crippen molar-refractivity contribution in [3.8, 4) is 33.3 Å². The number of carbonyl (C=O) groups is 2. The third kappa shape index (κ3) is 7.93. The number of H-pyrrole nitrogens is 1. The van der Waals surface area contributed by atoms with Gasteiger partial charge in [0.2, 0.25) is 11.8 Å². The molecule has 14 nitrogen and oxygen atoms in total. The number of β-amino-alcohol motifs (C(OH)–C–C–N with tert-alkyl or cyclic N) is 1. The molecule has 6 aromatic rings. The number of aliphatic hydroxyl groups is 1. The summed E-state index contributed by atoms with van der Waals surface area (Å²) < 4.78 is 11.8. The maximum Gasteiger partial charge on any atom is 0.254 e. The van der Waals surface area contributed by atoms with Gasteiger partial charge >= 0.3 is 0 Å². The number of ether oxygens (including phenoxy) is 1. The number of aromatic hydroxyl groups is 1. The molecule has 2 aliphatic heterocycles. The minimum absolute atomic E-state index is 0.0466. The molecule has 5 atom stereocenters. The zero-order chi connectivity index (χ0) is 40.5. The predicted molar refractivity (Wildman–Crippen MR) is 219 cm³/mol. The first kappa shape index (κ1) is 39.2. The zero-order valence-corrected chi connectivity index (χ0v) is 33.8. The summed E-state index contributed by atoms with van der Waals surface area (Å²) in [5, 5.41) is 38.0. The second-order valence-electron chi connectivity index (χ2n) is 15.6. The second-order valence-corrected chi connectivity index (χ2v) is 16.5. The van der Waals surface area contributed by atoms with E-state index in [1.165, 1.54) is 4.90 Å². The molecule has 0 aliphatic carbocycles. The van der Waals surface area contributed by atoms with E-state index in [0.29, 0.717) is 35.8 Å². The molecule has 2 aliphatic rings. The van der Waals surface area contributed by atoms with Crippen LogP contribution in [0.3, 0.4) is 0 Å². The number of nitrogens with zero attached hydrogens (tertiary/aromatic N) is 6. The van der Waals surface area contributed by atoms with Crippen LogP contribution in [0.1, 0.15) is 80.6 Å². The van der Waals surface area contributed by atoms with Gasteiger partial charge in [-0.1, -0.05) is 50.2 Å². The highest BCUT2D eigenvalue weighted by atomic mass is 32.1. The first-order chi connectivity index (χ1) is 28.0. The van der Waals surface area contributed by atoms with Gasteiger partial charge in [-0.3, -0.25) is 14.5 Å². The molecule has 4 N–H and O–H groups in total. The molecule has 0 radical (unpaired) electrons. The number of aliphatic hydroxyl groups excluding tert-OH is 1. The van der Waals surface area contributed by atoms with Crippen LogP contribution in [0.15, 0.2) is 76.9 Å². The van der Waals surface area contributed by atoms with Crippen LogP contribution in [-0.4, -0.2) is 95.5 Å². The van der Waals surface area contributed by atoms with Gasteiger partial charge in [0.25, 0.3) is 5.88 Å². The van der Waals surface area contributed by atoms with E-state index in [4.69, 9.17) is 9.26 Å². The van der Waals surface area contributed by atoms with Gasteiger partial charge in [-0.05, 0) is 79.2 Å². The number of fused-ring (bicyclic) bond motifs is 1. The quantitative estimate of drug-likeness (QED) is 0.0994. The number of aryl methyl sites for hydroxylation is 1. The van der Waals surface area contributed by atoms with Crippen LogP contribution < -0.4 is 10.1 Å². The van der Waals surface area contributed by atoms with Gasteiger partial charge < -0.3 is 34.7 Å². The van der Waals surface area contributed by atoms with Gasteiger partial charge in [0.15, 0.2) is 11.4 Å². The average Bonchev–Trinajstić information content (AvgIpc) is 4.07. The van der Waals surface area contributed by atoms with E-state index in [0.717, 1.165) is 52.0 Å². The fourth-order valence-corrected chi connectivity index (χ4v) is 9.17. The number of hydrogen-bond donors (Lipinski definition) is 4. The number of hydrogen-bond acceptors (Lipinski definition) is 12. The number of phenols is 1. The number of nitrogens with one attached hydrogen (secondary N) is 2. The third-order valence-electron chi connectivity index (χ3n) is 11.4. The van der Waals surface area contributed by atoms with Crippen molar-refractivity contribution in [3.63, 3.8) is 0 Å². The minimum atomic E-state index is -0.835. The Kier molecular flexibility index (Phi) is 11.3. The molecule has 2 amide bonds. The van der Waals surface area contributed by atoms with Crippen LogP contribution in [0, 0.1) is 12.8 Å². The van der Waals surface area contributed by atoms with Crippen molar-refractivity contribution in [2.45, 2.75) is 77.1 Å². The van der Waals surface area contributed by atoms with Gasteiger partial charge in [0.1, 0.15) is 24.3 Å². The second kappa shape index (κ2) is 16.7. The summed E-state index contributed by atoms with van der Waals surface area (Å²) in [5.74, 6) is -0.769. The van der Waals surface area contributed by atoms with Crippen molar-refractivity contribution in [3.05, 3.63) is 95.0 Å². The van der Waals surface area contributed by atoms with Crippen molar-refractivity contribution in [1.82, 2.24) is 40.4 Å². The molecule has 8 rings (SSSR count). The Balaban J connectivity index is 0.895. The van der Waals surface area contributed by atoms with Gasteiger partial charge in [-0.2, -0.15) is 0 Å². The predicted octanol–water partition coefficient (Wildman–Crippen LogP) is 6.55. The normalized spacial score (nSPS) is 19.6. The Morgan fingerprint density at radius 2 is 1.91 bits per heavy atom. The number of likely N-dealkylation sites (tertiary alicyclic amines) is 2. The van der Waals surface area contributed by atoms with Crippen molar-refractivity contribution >= 4 is 34.2 Å². The molecule has 6 heterocycles. The summed E-state index contributed by atoms with van der Waals surface area (Å²) in [7, 11) is 0. The van der Waals surface area contributed by atoms with Crippen molar-refractivity contribution in [2.24, 2.45) is 5.92 Å². The number of rotatable bonds is 13. The number of aromatic nitrogens is 5. The van der Waals surface area contributed by atoms with E-state index in [9.17, 15) is 19.8 Å². The number of para-hydroxylation sites is 1. The standard InChI is InChI=1S/C43H48N8O6S/c1-24(2)39(43(55)51-22-29(52)18-35(51)42(54)46-25(3)27-11-13-28(14-12-27)40-26(4)45-23-58-40)37-20-38(49-57-37)56-17-16-50-15-7-9-34(50)32-21-44-41-31(32)19-33(47-48-41)30-8-5-6-10-36(30)53/h5-6,8,10-14,19-21,23-25,29,34-35,39,52-53H,7,9,15-18,22H2,1-4H3,(H,44,48)(H,46,54)/t25-,29+,34-,35-,39+/m0/s1. The molecular weight excluding hydrogens is 757 g/mol. The minimum Gasteiger partial charge on any atom is -0.507 e. The van der Waals surface area contributed by atoms with E-state index >= 15 is 0 Å². The average molecular weight is 805 g/mol. The van der Waals surface area contributed by atoms with Crippen LogP contribution in [0.5, 0.6) is 11.6 Å². The summed E-state index contributed by atoms with van der Waals surface area (Å²) in [6, 6.07) is 17.7. The van der Waals surface area contributed by atoms with E-state index < -0.39 is 18.1 Å². The topological polar surface area (TPSA) is 183 Å². The van der Waals surface area contributed by atoms with Gasteiger partial charge in [-0.15, -0.1) is 21.5 Å². The first-order valence-electron chi connectivity index (χ1n) is 19.8. The number of phenolic OH excluding ortho intramolecular Hbond substituents is 1. The Bertz CT molecular complexity index is 2390. The lowest BCUT2D eigenvalue weighted by atomic mass is 9.91. The molecule has 2 saturated heterocycles. The van der Waals surface area contributed by atoms with Gasteiger partial charge in [-0.25, -0.2) is 4.98 Å². The first-order valence-corrected chi connectivity index (χ1v) is 20.7. The van der Waals surface area contributed by atoms with Gasteiger partial charge in [0, 0.05) is 48.8 Å². The molecule has 15 heteroatoms. The lowest BCUT2D eigenvalue weighted by Crippen LogP contribution is -2.48. The van der Waals surface area contributed by atoms with Gasteiger partial charge in [0.05, 0.1) is 33.9 Å². The highest BCUT2D eigenvalue weighted by Crippen LogP contribution is 2.38. The van der Waals surface area contributed by atoms with Crippen LogP contribution >= 0.6 is 11.3 Å². The summed E-state index contributed by atoms with van der Waals surface area (Å²) in [5.41, 5.74) is 7.84. The maximum absolute atomic E-state index is 14.2. The molecule has 2 fully saturated rings. The molecule has 0 saturated carbocycles. The molecule has 2 aromatic carbocycles. The molecule has 0 bridgehead atoms. The summed E-state index contributed by atoms with van der Waals surface area (Å²) in [4.78, 5) is 40.5. The van der Waals surface area contributed by atoms with Crippen molar-refractivity contribution < 1.29 is 29.1 Å². The Morgan fingerprint density at radius 3 is 2.67 bits per heavy atom. The van der Waals surface area contributed by atoms with Crippen LogP contribution in [0.4, 0.5) is 0 Å². The summed E-state index contributed by atoms with van der Waals surface area (Å²) in [6.07, 6.45) is 3.30. The zero-order valence-electron chi connectivity index (χ0n) is 33.0. The van der Waals surface area contributed by atoms with E-state index in [1.54, 1.807) is 29.5 Å². The molecule has 4 aromatic heterocycles. The third-order valence-corrected chi connectivity index (χ3v) is 12.4. The number of benzene rings is 2. The Hall–Kier alpha value is -5.64. The Morgan fingerprint density at radius 1 is 1.10 bits per heavy atom. The number of carbonyl (C=O) groups excluding carboxylic acids is 2. The van der Waals surface area contributed by atoms with Crippen molar-refractivity contribution in [2.75, 3.05) is 26.2 Å². The fourth-order valence-electron chi connectivity index (χ4n) is 8.35. The summed E-state index contributed by atoms with van der Waals surface area (Å²) >= 11 is 1.59. The lowest BCUT2D eigenvalue weighted by molar-refractivity contribution is -0.141. The van der Waals surface area contributed by atoms with Crippen LogP contribution in [0.2, 0.25) is 0 Å². The van der Waals surface area contributed by atoms with E-state index in [2.05, 4.69) is 35.5 Å². The monoisotopic (exact) mass is 804 g/mol. The largest absolute Gasteiger partial charge is 0.507 e. The molecular formula is C43H48N8O6S.